The maximum atomic E-state index is 11.6. The van der Waals surface area contributed by atoms with Crippen LogP contribution in [0, 0.1) is 6.92 Å². The number of nitrogens with one attached hydrogen (secondary N) is 1. The summed E-state index contributed by atoms with van der Waals surface area (Å²) in [6.07, 6.45) is 0.297. The third-order valence-corrected chi connectivity index (χ3v) is 2.24. The highest BCUT2D eigenvalue weighted by Crippen LogP contribution is 2.06. The number of aliphatic hydroxyl groups is 1. The molecule has 1 rings (SSSR count). The van der Waals surface area contributed by atoms with Crippen LogP contribution in [-0.2, 0) is 4.79 Å². The Labute approximate surface area is 101 Å². The van der Waals surface area contributed by atoms with E-state index in [4.69, 9.17) is 9.63 Å². The van der Waals surface area contributed by atoms with E-state index in [-0.39, 0.29) is 18.6 Å². The van der Waals surface area contributed by atoms with Gasteiger partial charge >= 0.3 is 0 Å². The van der Waals surface area contributed by atoms with Crippen LogP contribution < -0.4 is 5.32 Å². The first kappa shape index (κ1) is 13.7. The summed E-state index contributed by atoms with van der Waals surface area (Å²) in [6, 6.07) is 1.66. The molecule has 0 spiro atoms. The standard InChI is InChI=1S/C11H19N3O3/c1-8(15)4-5-14(3)7-11(16)12-10-6-9(2)17-13-10/h6,8,15H,4-5,7H2,1-3H3,(H,12,13,16). The number of nitrogens with zero attached hydrogens (tertiary/aromatic N) is 2. The highest BCUT2D eigenvalue weighted by molar-refractivity contribution is 5.91. The van der Waals surface area contributed by atoms with Crippen molar-refractivity contribution in [2.45, 2.75) is 26.4 Å². The van der Waals surface area contributed by atoms with Crippen molar-refractivity contribution in [2.24, 2.45) is 0 Å². The van der Waals surface area contributed by atoms with Gasteiger partial charge in [0.1, 0.15) is 5.76 Å². The average molecular weight is 241 g/mol. The van der Waals surface area contributed by atoms with Gasteiger partial charge in [-0.05, 0) is 27.3 Å². The molecule has 0 saturated heterocycles. The zero-order valence-electron chi connectivity index (χ0n) is 10.4. The lowest BCUT2D eigenvalue weighted by Crippen LogP contribution is -2.32. The van der Waals surface area contributed by atoms with Crippen LogP contribution in [0.2, 0.25) is 0 Å². The van der Waals surface area contributed by atoms with Crippen LogP contribution in [0.5, 0.6) is 0 Å². The second-order valence-corrected chi connectivity index (χ2v) is 4.25. The van der Waals surface area contributed by atoms with Gasteiger partial charge in [0.05, 0.1) is 12.6 Å². The summed E-state index contributed by atoms with van der Waals surface area (Å²) in [7, 11) is 1.83. The largest absolute Gasteiger partial charge is 0.393 e. The highest BCUT2D eigenvalue weighted by Gasteiger charge is 2.09. The fourth-order valence-electron chi connectivity index (χ4n) is 1.34. The van der Waals surface area contributed by atoms with E-state index in [1.165, 1.54) is 0 Å². The van der Waals surface area contributed by atoms with Crippen LogP contribution in [0.25, 0.3) is 0 Å². The molecule has 1 aromatic rings. The first-order valence-corrected chi connectivity index (χ1v) is 5.57. The first-order chi connectivity index (χ1) is 7.97. The lowest BCUT2D eigenvalue weighted by Gasteiger charge is -2.16. The normalized spacial score (nSPS) is 12.8. The molecular weight excluding hydrogens is 222 g/mol. The van der Waals surface area contributed by atoms with Crippen LogP contribution >= 0.6 is 0 Å². The number of carbonyl (C=O) groups excluding carboxylic acids is 1. The quantitative estimate of drug-likeness (QED) is 0.763. The van der Waals surface area contributed by atoms with Gasteiger partial charge in [0.2, 0.25) is 5.91 Å². The molecule has 1 heterocycles. The minimum atomic E-state index is -0.348. The fraction of sp³-hybridized carbons (Fsp3) is 0.636. The van der Waals surface area contributed by atoms with E-state index in [1.807, 2.05) is 11.9 Å². The van der Waals surface area contributed by atoms with Crippen LogP contribution in [0.3, 0.4) is 0 Å². The molecule has 1 atom stereocenters. The molecule has 2 N–H and O–H groups in total. The number of aliphatic hydroxyl groups excluding tert-OH is 1. The molecule has 0 aliphatic heterocycles. The number of aromatic nitrogens is 1. The van der Waals surface area contributed by atoms with Gasteiger partial charge in [-0.2, -0.15) is 0 Å². The fourth-order valence-corrected chi connectivity index (χ4v) is 1.34. The third-order valence-electron chi connectivity index (χ3n) is 2.24. The van der Waals surface area contributed by atoms with Crippen molar-refractivity contribution < 1.29 is 14.4 Å². The van der Waals surface area contributed by atoms with Gasteiger partial charge in [-0.3, -0.25) is 9.69 Å². The number of hydrogen-bond acceptors (Lipinski definition) is 5. The van der Waals surface area contributed by atoms with Gasteiger partial charge in [0.15, 0.2) is 5.82 Å². The summed E-state index contributed by atoms with van der Waals surface area (Å²) in [5, 5.41) is 15.4. The number of anilines is 1. The minimum Gasteiger partial charge on any atom is -0.393 e. The molecule has 0 saturated carbocycles. The smallest absolute Gasteiger partial charge is 0.239 e. The third kappa shape index (κ3) is 5.46. The van der Waals surface area contributed by atoms with Gasteiger partial charge in [-0.25, -0.2) is 0 Å². The second kappa shape index (κ2) is 6.36. The molecule has 0 aromatic carbocycles. The van der Waals surface area contributed by atoms with E-state index in [1.54, 1.807) is 19.9 Å². The Morgan fingerprint density at radius 1 is 1.71 bits per heavy atom. The molecule has 17 heavy (non-hydrogen) atoms. The van der Waals surface area contributed by atoms with E-state index in [9.17, 15) is 4.79 Å². The van der Waals surface area contributed by atoms with Crippen LogP contribution in [0.15, 0.2) is 10.6 Å². The lowest BCUT2D eigenvalue weighted by atomic mass is 10.3. The Kier molecular flexibility index (Phi) is 5.11. The molecule has 0 radical (unpaired) electrons. The zero-order valence-corrected chi connectivity index (χ0v) is 10.4. The van der Waals surface area contributed by atoms with Crippen molar-refractivity contribution in [2.75, 3.05) is 25.5 Å². The molecule has 96 valence electrons. The van der Waals surface area contributed by atoms with Crippen molar-refractivity contribution in [3.8, 4) is 0 Å². The summed E-state index contributed by atoms with van der Waals surface area (Å²) >= 11 is 0. The maximum Gasteiger partial charge on any atom is 0.239 e. The Bertz CT molecular complexity index is 363. The van der Waals surface area contributed by atoms with E-state index < -0.39 is 0 Å². The topological polar surface area (TPSA) is 78.6 Å². The Morgan fingerprint density at radius 2 is 2.41 bits per heavy atom. The van der Waals surface area contributed by atoms with Crippen LogP contribution in [0.1, 0.15) is 19.1 Å². The zero-order chi connectivity index (χ0) is 12.8. The molecule has 0 aliphatic carbocycles. The van der Waals surface area contributed by atoms with Crippen molar-refractivity contribution in [1.29, 1.82) is 0 Å². The molecule has 6 nitrogen and oxygen atoms in total. The van der Waals surface area contributed by atoms with E-state index in [0.29, 0.717) is 24.5 Å². The number of hydrogen-bond donors (Lipinski definition) is 2. The minimum absolute atomic E-state index is 0.147. The highest BCUT2D eigenvalue weighted by atomic mass is 16.5. The lowest BCUT2D eigenvalue weighted by molar-refractivity contribution is -0.117. The van der Waals surface area contributed by atoms with Gasteiger partial charge in [0, 0.05) is 12.6 Å². The average Bonchev–Trinajstić information content (AvgIpc) is 2.60. The summed E-state index contributed by atoms with van der Waals surface area (Å²) in [5.41, 5.74) is 0. The van der Waals surface area contributed by atoms with E-state index in [2.05, 4.69) is 10.5 Å². The van der Waals surface area contributed by atoms with Crippen molar-refractivity contribution in [1.82, 2.24) is 10.1 Å². The van der Waals surface area contributed by atoms with Crippen molar-refractivity contribution >= 4 is 11.7 Å². The molecule has 0 bridgehead atoms. The van der Waals surface area contributed by atoms with Crippen molar-refractivity contribution in [3.63, 3.8) is 0 Å². The molecule has 1 aromatic heterocycles. The second-order valence-electron chi connectivity index (χ2n) is 4.25. The number of likely N-dealkylation sites (N-methyl/N-ethyl adjacent to an activating group) is 1. The Morgan fingerprint density at radius 3 is 2.94 bits per heavy atom. The molecule has 1 unspecified atom stereocenters. The van der Waals surface area contributed by atoms with E-state index >= 15 is 0 Å². The van der Waals surface area contributed by atoms with Crippen LogP contribution in [-0.4, -0.2) is 47.3 Å². The van der Waals surface area contributed by atoms with E-state index in [0.717, 1.165) is 0 Å². The van der Waals surface area contributed by atoms with Gasteiger partial charge < -0.3 is 14.9 Å². The van der Waals surface area contributed by atoms with Gasteiger partial charge in [-0.15, -0.1) is 0 Å². The summed E-state index contributed by atoms with van der Waals surface area (Å²) in [5.74, 6) is 0.936. The summed E-state index contributed by atoms with van der Waals surface area (Å²) in [4.78, 5) is 13.4. The Hall–Kier alpha value is -1.40. The summed E-state index contributed by atoms with van der Waals surface area (Å²) in [6.45, 7) is 4.42. The maximum absolute atomic E-state index is 11.6. The molecular formula is C11H19N3O3. The Balaban J connectivity index is 2.29. The SMILES string of the molecule is Cc1cc(NC(=O)CN(C)CCC(C)O)no1. The molecule has 6 heteroatoms. The molecule has 1 amide bonds. The van der Waals surface area contributed by atoms with Crippen LogP contribution in [0.4, 0.5) is 5.82 Å². The molecule has 0 aliphatic rings. The number of carbonyl (C=O) groups is 1. The predicted octanol–water partition coefficient (Wildman–Crippen LogP) is 0.624. The van der Waals surface area contributed by atoms with Gasteiger partial charge in [0.25, 0.3) is 0 Å². The predicted molar refractivity (Wildman–Crippen MR) is 63.7 cm³/mol. The van der Waals surface area contributed by atoms with Crippen molar-refractivity contribution in [3.05, 3.63) is 11.8 Å². The van der Waals surface area contributed by atoms with Gasteiger partial charge in [-0.1, -0.05) is 5.16 Å². The number of rotatable bonds is 6. The molecule has 0 fully saturated rings. The number of amides is 1. The summed E-state index contributed by atoms with van der Waals surface area (Å²) < 4.78 is 4.84. The number of aryl methyl sites for hydroxylation is 1. The monoisotopic (exact) mass is 241 g/mol. The first-order valence-electron chi connectivity index (χ1n) is 5.57.